The highest BCUT2D eigenvalue weighted by Gasteiger charge is 2.65. The molecule has 0 bridgehead atoms. The minimum absolute atomic E-state index is 0.0367. The summed E-state index contributed by atoms with van der Waals surface area (Å²) in [5, 5.41) is 26.6. The van der Waals surface area contributed by atoms with Gasteiger partial charge in [-0.25, -0.2) is 50.8 Å². The summed E-state index contributed by atoms with van der Waals surface area (Å²) >= 11 is 0. The Bertz CT molecular complexity index is 6880. The number of anilines is 3. The molecule has 0 spiro atoms. The van der Waals surface area contributed by atoms with Crippen molar-refractivity contribution in [1.82, 2.24) is 43.9 Å². The summed E-state index contributed by atoms with van der Waals surface area (Å²) in [5.41, 5.74) is 15.0. The van der Waals surface area contributed by atoms with E-state index in [0.29, 0.717) is 24.8 Å². The van der Waals surface area contributed by atoms with Crippen LogP contribution < -0.4 is 67.6 Å². The topological polar surface area (TPSA) is 525 Å². The molecule has 3 aromatic heterocycles. The molecule has 0 amide bonds. The molecule has 15 rings (SSSR count). The lowest BCUT2D eigenvalue weighted by Gasteiger charge is -2.26. The summed E-state index contributed by atoms with van der Waals surface area (Å²) < 4.78 is 276. The second-order valence-electron chi connectivity index (χ2n) is 31.9. The molecule has 0 saturated carbocycles. The quantitative estimate of drug-likeness (QED) is 0.00448. The van der Waals surface area contributed by atoms with E-state index in [9.17, 15) is 102 Å². The van der Waals surface area contributed by atoms with Gasteiger partial charge in [-0.3, -0.25) is 37.1 Å². The number of nitrogens with zero attached hydrogens (tertiary/aromatic N) is 6. The number of rotatable bonds is 37. The number of halogens is 11. The molecule has 3 fully saturated rings. The van der Waals surface area contributed by atoms with Crippen LogP contribution in [0.5, 0.6) is 23.0 Å². The number of benzene rings is 9. The molecule has 11 N–H and O–H groups in total. The SMILES string of the molecule is C[C@H](N[P@@](=O)(OC[C@H]1O[C@@H](n2ccc(N)nc2=O)C(F)(F)[C@@H]1O)Oc1ccccc1)C(=O)OCc1ccccc1.C[C@H](N[P@@](=O)(OC[C@H]1O[C@@H](n2ccc(N)nc2=O)C(F)(F)[C@@H]1OC(=O)c1ccccc1)Oc1ccccc1)C(=O)OCc1ccccc1.C[C@H](N[P@@](=O)(Oc1ccccc1)Oc1c(F)c(F)c(F)c(F)c1F)C(=O)OCc1ccccc1.Nc1ccn([C@@H]2O[C@H](CO)[C@@H](OC(=O)c3ccccc3)C2(F)F)c(=O)n1. The van der Waals surface area contributed by atoms with E-state index in [1.54, 1.807) is 158 Å². The lowest BCUT2D eigenvalue weighted by molar-refractivity contribution is -0.147. The smallest absolute Gasteiger partial charge is 0.460 e. The zero-order chi connectivity index (χ0) is 107. The van der Waals surface area contributed by atoms with Crippen LogP contribution in [0.3, 0.4) is 0 Å². The number of hydrogen-bond donors (Lipinski definition) is 8. The molecule has 15 atom stereocenters. The van der Waals surface area contributed by atoms with Crippen molar-refractivity contribution >= 4 is 70.5 Å². The molecule has 3 saturated heterocycles. The van der Waals surface area contributed by atoms with Gasteiger partial charge in [0.1, 0.15) is 91.0 Å². The number of esters is 5. The summed E-state index contributed by atoms with van der Waals surface area (Å²) in [6.45, 7) is 0.986. The van der Waals surface area contributed by atoms with Gasteiger partial charge in [-0.15, -0.1) is 0 Å². The summed E-state index contributed by atoms with van der Waals surface area (Å²) in [4.78, 5) is 109. The minimum Gasteiger partial charge on any atom is -0.460 e. The zero-order valence-electron chi connectivity index (χ0n) is 77.2. The number of aliphatic hydroxyl groups is 2. The first-order valence-electron chi connectivity index (χ1n) is 43.8. The van der Waals surface area contributed by atoms with Gasteiger partial charge in [0.2, 0.25) is 53.5 Å². The molecule has 6 heterocycles. The van der Waals surface area contributed by atoms with E-state index in [0.717, 1.165) is 42.4 Å². The van der Waals surface area contributed by atoms with Crippen LogP contribution in [0, 0.1) is 29.1 Å². The lowest BCUT2D eigenvalue weighted by atomic mass is 10.1. The molecule has 53 heteroatoms. The van der Waals surface area contributed by atoms with Crippen LogP contribution in [-0.4, -0.2) is 161 Å². The molecule has 39 nitrogen and oxygen atoms in total. The number of nitrogen functional groups attached to an aromatic ring is 3. The molecule has 148 heavy (non-hydrogen) atoms. The maximum absolute atomic E-state index is 16.0. The molecule has 3 aliphatic heterocycles. The molecule has 9 aromatic carbocycles. The van der Waals surface area contributed by atoms with Gasteiger partial charge in [0.25, 0.3) is 0 Å². The van der Waals surface area contributed by atoms with E-state index >= 15 is 8.78 Å². The zero-order valence-corrected chi connectivity index (χ0v) is 79.9. The predicted molar refractivity (Wildman–Crippen MR) is 499 cm³/mol. The number of carbonyl (C=O) groups excluding carboxylic acids is 5. The summed E-state index contributed by atoms with van der Waals surface area (Å²) in [5.74, 6) is -30.6. The van der Waals surface area contributed by atoms with Gasteiger partial charge >= 0.3 is 87.9 Å². The highest BCUT2D eigenvalue weighted by atomic mass is 31.2. The molecule has 0 unspecified atom stereocenters. The van der Waals surface area contributed by atoms with Crippen LogP contribution in [-0.2, 0) is 94.8 Å². The molecular formula is C95H90F11N12O27P3. The second-order valence-corrected chi connectivity index (χ2v) is 36.9. The number of carbonyl (C=O) groups is 5. The monoisotopic (exact) mass is 2130 g/mol. The van der Waals surface area contributed by atoms with Crippen molar-refractivity contribution in [3.63, 3.8) is 0 Å². The van der Waals surface area contributed by atoms with Crippen LogP contribution in [0.2, 0.25) is 0 Å². The third-order valence-electron chi connectivity index (χ3n) is 21.0. The molecular weight excluding hydrogens is 2040 g/mol. The fourth-order valence-electron chi connectivity index (χ4n) is 13.6. The largest absolute Gasteiger partial charge is 0.513 e. The van der Waals surface area contributed by atoms with E-state index in [1.807, 2.05) is 0 Å². The van der Waals surface area contributed by atoms with Crippen LogP contribution in [0.25, 0.3) is 0 Å². The normalized spacial score (nSPS) is 20.0. The van der Waals surface area contributed by atoms with Gasteiger partial charge in [0, 0.05) is 18.6 Å². The Hall–Kier alpha value is -14.9. The van der Waals surface area contributed by atoms with Crippen LogP contribution in [0.15, 0.2) is 294 Å². The standard InChI is InChI=1S/C32H31F2N4O9P.C25H27F2N4O8P.C22H17F5NO5P.C16H15F2N3O5/c1-21(28(39)43-19-22-11-5-2-6-12-22)37-48(42,47-24-15-9-4-10-16-24)44-20-25-27(46-29(40)23-13-7-3-8-14-23)32(33,34)30(45-25)38-18-17-26(35)36-31(38)41;1-16(22(33)36-14-17-8-4-2-5-9-17)30-40(35,39-18-10-6-3-7-11-18)37-15-19-21(32)25(26,27)23(38-19)31-13-12-20(28)29-24(31)34;1-13(22(29)31-12-14-8-4-2-5-9-14)28-34(30,32-15-10-6-3-7-11-15)33-21-19(26)17(24)16(23)18(25)20(21)27;17-16(18)12(26-13(23)9-4-2-1-3-5-9)10(8-22)25-14(16)21-7-6-11(19)20-15(21)24/h2-18,21,25,27,30H,19-20H2,1H3,(H,37,42)(H2,35,36,41);2-13,16,19,21,23,32H,14-15H2,1H3,(H,30,35)(H2,28,29,34);2-11,13H,12H2,1H3,(H,28,30);1-7,10,12,14,22H,8H2,(H2,19,20,24)/t21-,25+,27+,30+,48+;16-,19+,21+,23+,40+;13-,34+;10-,12-,14-/m0001/s1. The Kier molecular flexibility index (Phi) is 37.8. The first kappa shape index (κ1) is 112. The van der Waals surface area contributed by atoms with Gasteiger partial charge < -0.3 is 83.4 Å². The summed E-state index contributed by atoms with van der Waals surface area (Å²) in [6.07, 6.45) is -15.7. The fourth-order valence-corrected chi connectivity index (χ4v) is 18.1. The molecule has 0 aliphatic carbocycles. The highest BCUT2D eigenvalue weighted by molar-refractivity contribution is 7.53. The number of para-hydroxylation sites is 3. The third-order valence-corrected chi connectivity index (χ3v) is 25.8. The number of nitrogens with two attached hydrogens (primary N) is 3. The van der Waals surface area contributed by atoms with Crippen molar-refractivity contribution in [2.75, 3.05) is 37.0 Å². The van der Waals surface area contributed by atoms with Crippen LogP contribution in [0.1, 0.15) is 76.9 Å². The van der Waals surface area contributed by atoms with Crippen LogP contribution >= 0.6 is 23.2 Å². The molecule has 784 valence electrons. The Morgan fingerprint density at radius 1 is 0.385 bits per heavy atom. The van der Waals surface area contributed by atoms with E-state index in [4.69, 9.17) is 77.7 Å². The summed E-state index contributed by atoms with van der Waals surface area (Å²) in [7, 11) is -14.0. The van der Waals surface area contributed by atoms with Crippen molar-refractivity contribution in [2.45, 2.75) is 132 Å². The fraction of sp³-hybridized carbons (Fsp3) is 0.253. The van der Waals surface area contributed by atoms with Gasteiger partial charge in [-0.1, -0.05) is 182 Å². The number of aliphatic hydroxyl groups excluding tert-OH is 2. The number of hydrogen-bond acceptors (Lipinski definition) is 33. The Balaban J connectivity index is 0.000000179. The van der Waals surface area contributed by atoms with Gasteiger partial charge in [0.15, 0.2) is 18.3 Å². The molecule has 3 aliphatic rings. The van der Waals surface area contributed by atoms with Crippen molar-refractivity contribution in [2.24, 2.45) is 0 Å². The van der Waals surface area contributed by atoms with Gasteiger partial charge in [-0.2, -0.15) is 65.3 Å². The average Bonchev–Trinajstić information content (AvgIpc) is 1.59. The number of ether oxygens (including phenoxy) is 8. The Morgan fingerprint density at radius 2 is 0.655 bits per heavy atom. The first-order chi connectivity index (χ1) is 70.4. The van der Waals surface area contributed by atoms with Gasteiger partial charge in [-0.05, 0) is 116 Å². The highest BCUT2D eigenvalue weighted by Crippen LogP contribution is 2.53. The second kappa shape index (κ2) is 50.0. The van der Waals surface area contributed by atoms with Crippen molar-refractivity contribution < 1.29 is 161 Å². The Labute approximate surface area is 831 Å². The maximum Gasteiger partial charge on any atom is 0.513 e. The van der Waals surface area contributed by atoms with E-state index < -0.39 is 216 Å². The van der Waals surface area contributed by atoms with Crippen molar-refractivity contribution in [1.29, 1.82) is 0 Å². The van der Waals surface area contributed by atoms with E-state index in [-0.39, 0.29) is 65.6 Å². The Morgan fingerprint density at radius 3 is 0.980 bits per heavy atom. The third kappa shape index (κ3) is 29.1. The van der Waals surface area contributed by atoms with Crippen molar-refractivity contribution in [3.8, 4) is 23.0 Å². The molecule has 0 radical (unpaired) electrons. The number of alkyl halides is 6. The molecule has 12 aromatic rings. The van der Waals surface area contributed by atoms with Crippen LogP contribution in [0.4, 0.5) is 65.7 Å². The summed E-state index contributed by atoms with van der Waals surface area (Å²) in [6, 6.07) is 63.1. The minimum atomic E-state index is -4.96. The van der Waals surface area contributed by atoms with E-state index in [1.165, 1.54) is 106 Å². The van der Waals surface area contributed by atoms with Gasteiger partial charge in [0.05, 0.1) is 30.9 Å². The average molecular weight is 2130 g/mol. The predicted octanol–water partition coefficient (Wildman–Crippen LogP) is 13.4. The first-order valence-corrected chi connectivity index (χ1v) is 48.5. The maximum atomic E-state index is 16.0. The van der Waals surface area contributed by atoms with E-state index in [2.05, 4.69) is 34.7 Å². The lowest BCUT2D eigenvalue weighted by Crippen LogP contribution is -2.45. The number of aromatic nitrogens is 6. The van der Waals surface area contributed by atoms with Crippen molar-refractivity contribution in [3.05, 3.63) is 368 Å². The number of nitrogens with one attached hydrogen (secondary N) is 3.